The lowest BCUT2D eigenvalue weighted by Gasteiger charge is -2.47. The molecule has 0 N–H and O–H groups in total. The Bertz CT molecular complexity index is 1300. The Morgan fingerprint density at radius 2 is 1.00 bits per heavy atom. The van der Waals surface area contributed by atoms with Crippen molar-refractivity contribution in [2.24, 2.45) is 0 Å². The summed E-state index contributed by atoms with van der Waals surface area (Å²) in [6, 6.07) is 30.7. The molecule has 0 amide bonds. The van der Waals surface area contributed by atoms with Crippen LogP contribution >= 0.6 is 11.8 Å². The Labute approximate surface area is 199 Å². The number of alkyl halides is 3. The molecule has 0 aromatic heterocycles. The van der Waals surface area contributed by atoms with Gasteiger partial charge in [-0.25, -0.2) is 4.79 Å². The molecule has 3 nitrogen and oxygen atoms in total. The van der Waals surface area contributed by atoms with E-state index >= 15 is 4.21 Å². The fourth-order valence-corrected chi connectivity index (χ4v) is 7.72. The van der Waals surface area contributed by atoms with Crippen LogP contribution < -0.4 is 0 Å². The highest BCUT2D eigenvalue weighted by Gasteiger charge is 2.50. The van der Waals surface area contributed by atoms with Crippen LogP contribution in [0.2, 0.25) is 0 Å². The molecule has 8 heteroatoms. The molecule has 0 bridgehead atoms. The Morgan fingerprint density at radius 3 is 1.44 bits per heavy atom. The molecule has 0 saturated carbocycles. The summed E-state index contributed by atoms with van der Waals surface area (Å²) in [5.41, 5.74) is 0. The molecule has 4 aromatic rings. The van der Waals surface area contributed by atoms with Gasteiger partial charge in [0.1, 0.15) is 0 Å². The molecule has 4 aromatic carbocycles. The van der Waals surface area contributed by atoms with Crippen LogP contribution in [0, 0.1) is 0 Å². The van der Waals surface area contributed by atoms with E-state index in [1.54, 1.807) is 24.3 Å². The summed E-state index contributed by atoms with van der Waals surface area (Å²) in [6.45, 7) is 0. The van der Waals surface area contributed by atoms with E-state index in [0.717, 1.165) is 9.79 Å². The minimum absolute atomic E-state index is 0.0493. The Kier molecular flexibility index (Phi) is 6.38. The van der Waals surface area contributed by atoms with Gasteiger partial charge >= 0.3 is 12.1 Å². The molecule has 0 fully saturated rings. The predicted molar refractivity (Wildman–Crippen MR) is 125 cm³/mol. The van der Waals surface area contributed by atoms with Gasteiger partial charge in [-0.1, -0.05) is 75.7 Å². The van der Waals surface area contributed by atoms with Crippen LogP contribution in [0.3, 0.4) is 0 Å². The van der Waals surface area contributed by atoms with E-state index in [1.807, 2.05) is 30.3 Å². The van der Waals surface area contributed by atoms with Crippen molar-refractivity contribution in [2.45, 2.75) is 30.7 Å². The average Bonchev–Trinajstić information content (AvgIpc) is 2.85. The molecule has 0 aliphatic heterocycles. The maximum Gasteiger partial charge on any atom is 0.492 e. The third kappa shape index (κ3) is 4.38. The fourth-order valence-electron chi connectivity index (χ4n) is 3.46. The second-order valence-electron chi connectivity index (χ2n) is 7.26. The molecule has 0 aliphatic rings. The van der Waals surface area contributed by atoms with Gasteiger partial charge in [0.05, 0.1) is 14.7 Å². The van der Waals surface area contributed by atoms with Gasteiger partial charge in [-0.3, -0.25) is 0 Å². The summed E-state index contributed by atoms with van der Waals surface area (Å²) in [7, 11) is -5.22. The Balaban J connectivity index is 1.94. The van der Waals surface area contributed by atoms with Gasteiger partial charge in [0.2, 0.25) is 0 Å². The number of carbonyl (C=O) groups is 1. The first-order valence-electron chi connectivity index (χ1n) is 10.1. The summed E-state index contributed by atoms with van der Waals surface area (Å²) >= 11 is 1.44. The summed E-state index contributed by atoms with van der Waals surface area (Å²) < 4.78 is 60.5. The second kappa shape index (κ2) is 9.12. The predicted octanol–water partition coefficient (Wildman–Crippen LogP) is 7.16. The van der Waals surface area contributed by atoms with Crippen LogP contribution in [0.25, 0.3) is 0 Å². The van der Waals surface area contributed by atoms with E-state index in [9.17, 15) is 18.0 Å². The van der Waals surface area contributed by atoms with Gasteiger partial charge < -0.3 is 4.18 Å². The number of rotatable bonds is 6. The summed E-state index contributed by atoms with van der Waals surface area (Å²) in [6.07, 6.45) is -5.34. The van der Waals surface area contributed by atoms with E-state index < -0.39 is 21.5 Å². The lowest BCUT2D eigenvalue weighted by Crippen LogP contribution is -2.42. The molecular formula is C26H19F3O3S2. The van der Waals surface area contributed by atoms with Crippen molar-refractivity contribution in [1.82, 2.24) is 0 Å². The van der Waals surface area contributed by atoms with E-state index in [2.05, 4.69) is 0 Å². The molecule has 0 saturated heterocycles. The monoisotopic (exact) mass is 500 g/mol. The van der Waals surface area contributed by atoms with Crippen molar-refractivity contribution in [1.29, 1.82) is 0 Å². The lowest BCUT2D eigenvalue weighted by molar-refractivity contribution is -0.189. The third-order valence-electron chi connectivity index (χ3n) is 5.04. The third-order valence-corrected chi connectivity index (χ3v) is 9.91. The lowest BCUT2D eigenvalue weighted by atomic mass is 10.3. The highest BCUT2D eigenvalue weighted by molar-refractivity contribution is 8.16. The van der Waals surface area contributed by atoms with E-state index in [0.29, 0.717) is 0 Å². The average molecular weight is 501 g/mol. The zero-order valence-corrected chi connectivity index (χ0v) is 19.3. The van der Waals surface area contributed by atoms with Gasteiger partial charge in [0.15, 0.2) is 0 Å². The topological polar surface area (TPSA) is 43.4 Å². The first-order valence-corrected chi connectivity index (χ1v) is 12.8. The SMILES string of the molecule is O=C(OS(=O)(c1ccccc1)(c1ccccc1)c1ccc(Sc2ccccc2)cc1)C(F)(F)F. The zero-order valence-electron chi connectivity index (χ0n) is 17.6. The van der Waals surface area contributed by atoms with Crippen LogP contribution in [0.5, 0.6) is 0 Å². The quantitative estimate of drug-likeness (QED) is 0.282. The van der Waals surface area contributed by atoms with Gasteiger partial charge in [0.25, 0.3) is 0 Å². The van der Waals surface area contributed by atoms with Crippen molar-refractivity contribution in [3.8, 4) is 0 Å². The Morgan fingerprint density at radius 1 is 0.618 bits per heavy atom. The van der Waals surface area contributed by atoms with E-state index in [-0.39, 0.29) is 14.7 Å². The number of hydrogen-bond acceptors (Lipinski definition) is 4. The molecule has 0 atom stereocenters. The van der Waals surface area contributed by atoms with Crippen molar-refractivity contribution >= 4 is 27.1 Å². The highest BCUT2D eigenvalue weighted by Crippen LogP contribution is 2.52. The number of halogens is 3. The molecular weight excluding hydrogens is 481 g/mol. The number of hydrogen-bond donors (Lipinski definition) is 0. The van der Waals surface area contributed by atoms with Crippen LogP contribution in [-0.2, 0) is 18.3 Å². The van der Waals surface area contributed by atoms with E-state index in [1.165, 1.54) is 72.4 Å². The minimum atomic E-state index is -5.34. The molecule has 0 radical (unpaired) electrons. The van der Waals surface area contributed by atoms with Crippen LogP contribution in [0.1, 0.15) is 0 Å². The Hall–Kier alpha value is -3.36. The van der Waals surface area contributed by atoms with Crippen molar-refractivity contribution < 1.29 is 26.4 Å². The van der Waals surface area contributed by atoms with E-state index in [4.69, 9.17) is 4.18 Å². The van der Waals surface area contributed by atoms with Crippen molar-refractivity contribution in [3.05, 3.63) is 115 Å². The van der Waals surface area contributed by atoms with Crippen LogP contribution in [-0.4, -0.2) is 16.4 Å². The van der Waals surface area contributed by atoms with Gasteiger partial charge in [-0.15, -0.1) is 0 Å². The van der Waals surface area contributed by atoms with Crippen molar-refractivity contribution in [3.63, 3.8) is 0 Å². The van der Waals surface area contributed by atoms with Crippen molar-refractivity contribution in [2.75, 3.05) is 0 Å². The van der Waals surface area contributed by atoms with Gasteiger partial charge in [-0.05, 0) is 60.7 Å². The maximum absolute atomic E-state index is 15.2. The summed E-state index contributed by atoms with van der Waals surface area (Å²) in [5, 5.41) is 0. The maximum atomic E-state index is 15.2. The highest BCUT2D eigenvalue weighted by atomic mass is 32.3. The summed E-state index contributed by atoms with van der Waals surface area (Å²) in [5.74, 6) is -2.53. The molecule has 0 heterocycles. The molecule has 0 spiro atoms. The molecule has 34 heavy (non-hydrogen) atoms. The zero-order chi connectivity index (χ0) is 24.3. The minimum Gasteiger partial charge on any atom is -0.337 e. The van der Waals surface area contributed by atoms with Gasteiger partial charge in [0, 0.05) is 9.79 Å². The number of benzene rings is 4. The standard InChI is InChI=1S/C26H19F3O3S2/c27-26(28,29)25(30)32-34(31,22-12-6-2-7-13-22,23-14-8-3-9-15-23)24-18-16-21(17-19-24)33-20-10-4-1-5-11-20/h1-19H. The first kappa shape index (κ1) is 23.8. The smallest absolute Gasteiger partial charge is 0.337 e. The number of carbonyl (C=O) groups excluding carboxylic acids is 1. The fraction of sp³-hybridized carbons (Fsp3) is 0.0385. The molecule has 0 unspecified atom stereocenters. The van der Waals surface area contributed by atoms with Crippen LogP contribution in [0.15, 0.2) is 140 Å². The largest absolute Gasteiger partial charge is 0.492 e. The normalized spacial score (nSPS) is 13.0. The second-order valence-corrected chi connectivity index (χ2v) is 11.7. The first-order chi connectivity index (χ1) is 16.2. The summed E-state index contributed by atoms with van der Waals surface area (Å²) in [4.78, 5) is 13.8. The molecule has 4 rings (SSSR count). The molecule has 0 aliphatic carbocycles. The van der Waals surface area contributed by atoms with Gasteiger partial charge in [-0.2, -0.15) is 17.4 Å². The molecule has 174 valence electrons. The van der Waals surface area contributed by atoms with Crippen LogP contribution in [0.4, 0.5) is 13.2 Å².